The molecule has 5 heteroatoms. The molecular formula is C18H15N3O2. The highest BCUT2D eigenvalue weighted by Crippen LogP contribution is 2.30. The predicted octanol–water partition coefficient (Wildman–Crippen LogP) is 2.64. The molecule has 1 heterocycles. The van der Waals surface area contributed by atoms with Gasteiger partial charge in [-0.05, 0) is 23.6 Å². The second kappa shape index (κ2) is 5.58. The van der Waals surface area contributed by atoms with Gasteiger partial charge >= 0.3 is 6.03 Å². The Balaban J connectivity index is 1.92. The summed E-state index contributed by atoms with van der Waals surface area (Å²) in [5, 5.41) is 11.4. The summed E-state index contributed by atoms with van der Waals surface area (Å²) in [6, 6.07) is 18.7. The molecule has 1 unspecified atom stereocenters. The highest BCUT2D eigenvalue weighted by molar-refractivity contribution is 6.07. The van der Waals surface area contributed by atoms with Crippen molar-refractivity contribution in [3.05, 3.63) is 60.2 Å². The maximum Gasteiger partial charge on any atom is 0.326 e. The van der Waals surface area contributed by atoms with Crippen molar-refractivity contribution >= 4 is 11.9 Å². The number of rotatable bonds is 3. The Bertz CT molecular complexity index is 793. The second-order valence-corrected chi connectivity index (χ2v) is 5.55. The Kier molecular flexibility index (Phi) is 3.59. The molecule has 3 amide bonds. The second-order valence-electron chi connectivity index (χ2n) is 5.55. The van der Waals surface area contributed by atoms with Crippen LogP contribution in [0.25, 0.3) is 11.1 Å². The highest BCUT2D eigenvalue weighted by atomic mass is 16.2. The number of nitrogens with one attached hydrogen (secondary N) is 1. The Morgan fingerprint density at radius 1 is 1.04 bits per heavy atom. The lowest BCUT2D eigenvalue weighted by Crippen LogP contribution is -2.40. The largest absolute Gasteiger partial charge is 0.326 e. The lowest BCUT2D eigenvalue weighted by molar-refractivity contribution is -0.130. The van der Waals surface area contributed by atoms with E-state index in [9.17, 15) is 9.59 Å². The fourth-order valence-corrected chi connectivity index (χ4v) is 2.73. The quantitative estimate of drug-likeness (QED) is 0.700. The minimum absolute atomic E-state index is 0.248. The fraction of sp³-hybridized carbons (Fsp3) is 0.167. The summed E-state index contributed by atoms with van der Waals surface area (Å²) in [6.45, 7) is 1.41. The molecule has 3 rings (SSSR count). The van der Waals surface area contributed by atoms with Crippen LogP contribution in [-0.4, -0.2) is 23.4 Å². The third-order valence-electron chi connectivity index (χ3n) is 4.07. The van der Waals surface area contributed by atoms with Crippen LogP contribution in [0.15, 0.2) is 54.6 Å². The zero-order valence-corrected chi connectivity index (χ0v) is 12.6. The van der Waals surface area contributed by atoms with E-state index in [2.05, 4.69) is 5.32 Å². The van der Waals surface area contributed by atoms with Crippen molar-refractivity contribution in [3.63, 3.8) is 0 Å². The SMILES string of the molecule is CC1(c2ccc(-c3ccccc3)cc2)NC(=O)N(CC#N)C1=O. The number of imide groups is 1. The molecule has 1 fully saturated rings. The van der Waals surface area contributed by atoms with Gasteiger partial charge in [0.25, 0.3) is 5.91 Å². The summed E-state index contributed by atoms with van der Waals surface area (Å²) >= 11 is 0. The molecule has 2 aromatic carbocycles. The number of benzene rings is 2. The van der Waals surface area contributed by atoms with E-state index in [0.717, 1.165) is 16.0 Å². The number of carbonyl (C=O) groups is 2. The Morgan fingerprint density at radius 3 is 2.26 bits per heavy atom. The third-order valence-corrected chi connectivity index (χ3v) is 4.07. The first-order chi connectivity index (χ1) is 11.1. The number of carbonyl (C=O) groups excluding carboxylic acids is 2. The van der Waals surface area contributed by atoms with Crippen LogP contribution in [0, 0.1) is 11.3 Å². The minimum atomic E-state index is -1.14. The van der Waals surface area contributed by atoms with E-state index in [-0.39, 0.29) is 6.54 Å². The van der Waals surface area contributed by atoms with Crippen molar-refractivity contribution < 1.29 is 9.59 Å². The van der Waals surface area contributed by atoms with Gasteiger partial charge in [-0.15, -0.1) is 0 Å². The Labute approximate surface area is 134 Å². The summed E-state index contributed by atoms with van der Waals surface area (Å²) in [7, 11) is 0. The molecule has 1 aliphatic rings. The van der Waals surface area contributed by atoms with E-state index in [1.165, 1.54) is 0 Å². The Hall–Kier alpha value is -3.13. The van der Waals surface area contributed by atoms with E-state index in [0.29, 0.717) is 5.56 Å². The Morgan fingerprint density at radius 2 is 1.65 bits per heavy atom. The fourth-order valence-electron chi connectivity index (χ4n) is 2.73. The van der Waals surface area contributed by atoms with E-state index in [1.54, 1.807) is 6.92 Å². The van der Waals surface area contributed by atoms with Crippen LogP contribution in [0.4, 0.5) is 4.79 Å². The van der Waals surface area contributed by atoms with Crippen LogP contribution >= 0.6 is 0 Å². The summed E-state index contributed by atoms with van der Waals surface area (Å²) in [6.07, 6.45) is 0. The molecule has 1 N–H and O–H groups in total. The zero-order valence-electron chi connectivity index (χ0n) is 12.6. The molecule has 0 bridgehead atoms. The number of hydrogen-bond acceptors (Lipinski definition) is 3. The lowest BCUT2D eigenvalue weighted by Gasteiger charge is -2.22. The molecule has 114 valence electrons. The van der Waals surface area contributed by atoms with E-state index < -0.39 is 17.5 Å². The van der Waals surface area contributed by atoms with Crippen molar-refractivity contribution in [2.75, 3.05) is 6.54 Å². The van der Waals surface area contributed by atoms with Crippen LogP contribution < -0.4 is 5.32 Å². The van der Waals surface area contributed by atoms with Crippen LogP contribution in [0.3, 0.4) is 0 Å². The van der Waals surface area contributed by atoms with Crippen molar-refractivity contribution in [2.24, 2.45) is 0 Å². The molecule has 5 nitrogen and oxygen atoms in total. The molecule has 0 spiro atoms. The van der Waals surface area contributed by atoms with E-state index in [1.807, 2.05) is 60.7 Å². The number of hydrogen-bond donors (Lipinski definition) is 1. The number of nitrogens with zero attached hydrogens (tertiary/aromatic N) is 2. The predicted molar refractivity (Wildman–Crippen MR) is 85.1 cm³/mol. The van der Waals surface area contributed by atoms with E-state index >= 15 is 0 Å². The monoisotopic (exact) mass is 305 g/mol. The first-order valence-electron chi connectivity index (χ1n) is 7.23. The van der Waals surface area contributed by atoms with Crippen molar-refractivity contribution in [1.29, 1.82) is 5.26 Å². The van der Waals surface area contributed by atoms with Gasteiger partial charge in [0.15, 0.2) is 0 Å². The van der Waals surface area contributed by atoms with Gasteiger partial charge in [0, 0.05) is 0 Å². The van der Waals surface area contributed by atoms with Crippen molar-refractivity contribution in [2.45, 2.75) is 12.5 Å². The van der Waals surface area contributed by atoms with Gasteiger partial charge in [-0.2, -0.15) is 5.26 Å². The molecule has 1 atom stereocenters. The molecule has 0 radical (unpaired) electrons. The first kappa shape index (κ1) is 14.8. The van der Waals surface area contributed by atoms with Gasteiger partial charge in [-0.1, -0.05) is 54.6 Å². The standard InChI is InChI=1S/C18H15N3O2/c1-18(16(22)21(12-11-19)17(23)20-18)15-9-7-14(8-10-15)13-5-3-2-4-6-13/h2-10H,12H2,1H3,(H,20,23). The summed E-state index contributed by atoms with van der Waals surface area (Å²) in [5.74, 6) is -0.406. The van der Waals surface area contributed by atoms with Gasteiger partial charge in [-0.3, -0.25) is 4.79 Å². The highest BCUT2D eigenvalue weighted by Gasteiger charge is 2.48. The number of nitriles is 1. The average molecular weight is 305 g/mol. The summed E-state index contributed by atoms with van der Waals surface area (Å²) in [5.41, 5.74) is 1.67. The molecule has 0 aromatic heterocycles. The normalized spacial score (nSPS) is 20.3. The molecular weight excluding hydrogens is 290 g/mol. The van der Waals surface area contributed by atoms with Gasteiger partial charge in [-0.25, -0.2) is 9.69 Å². The number of urea groups is 1. The maximum absolute atomic E-state index is 12.5. The maximum atomic E-state index is 12.5. The van der Waals surface area contributed by atoms with Crippen LogP contribution in [0.2, 0.25) is 0 Å². The summed E-state index contributed by atoms with van der Waals surface area (Å²) < 4.78 is 0. The molecule has 2 aromatic rings. The summed E-state index contributed by atoms with van der Waals surface area (Å²) in [4.78, 5) is 25.3. The van der Waals surface area contributed by atoms with Gasteiger partial charge in [0.1, 0.15) is 12.1 Å². The van der Waals surface area contributed by atoms with Crippen molar-refractivity contribution in [3.8, 4) is 17.2 Å². The number of amides is 3. The van der Waals surface area contributed by atoms with Crippen LogP contribution in [0.5, 0.6) is 0 Å². The third kappa shape index (κ3) is 2.44. The molecule has 23 heavy (non-hydrogen) atoms. The zero-order chi connectivity index (χ0) is 16.4. The topological polar surface area (TPSA) is 73.2 Å². The van der Waals surface area contributed by atoms with E-state index in [4.69, 9.17) is 5.26 Å². The smallest absolute Gasteiger partial charge is 0.319 e. The molecule has 0 saturated carbocycles. The van der Waals surface area contributed by atoms with Crippen LogP contribution in [0.1, 0.15) is 12.5 Å². The molecule has 1 saturated heterocycles. The average Bonchev–Trinajstić information content (AvgIpc) is 2.80. The molecule has 0 aliphatic carbocycles. The van der Waals surface area contributed by atoms with Crippen LogP contribution in [-0.2, 0) is 10.3 Å². The molecule has 1 aliphatic heterocycles. The van der Waals surface area contributed by atoms with Gasteiger partial charge in [0.2, 0.25) is 0 Å². The minimum Gasteiger partial charge on any atom is -0.319 e. The van der Waals surface area contributed by atoms with Gasteiger partial charge in [0.05, 0.1) is 6.07 Å². The lowest BCUT2D eigenvalue weighted by atomic mass is 9.90. The van der Waals surface area contributed by atoms with Crippen molar-refractivity contribution in [1.82, 2.24) is 10.2 Å². The first-order valence-corrected chi connectivity index (χ1v) is 7.23. The van der Waals surface area contributed by atoms with Gasteiger partial charge < -0.3 is 5.32 Å².